The molecule has 0 radical (unpaired) electrons. The van der Waals surface area contributed by atoms with Gasteiger partial charge in [-0.15, -0.1) is 0 Å². The molecule has 2 rings (SSSR count). The molecule has 5 heteroatoms. The van der Waals surface area contributed by atoms with Crippen molar-refractivity contribution < 1.29 is 14.6 Å². The van der Waals surface area contributed by atoms with E-state index in [0.29, 0.717) is 18.2 Å². The fraction of sp³-hybridized carbons (Fsp3) is 0.467. The highest BCUT2D eigenvalue weighted by Gasteiger charge is 2.08. The molecule has 0 aliphatic heterocycles. The van der Waals surface area contributed by atoms with Crippen molar-refractivity contribution in [3.8, 4) is 0 Å². The average Bonchev–Trinajstić information content (AvgIpc) is 2.80. The number of aliphatic hydroxyl groups is 1. The van der Waals surface area contributed by atoms with Gasteiger partial charge in [-0.25, -0.2) is 0 Å². The lowest BCUT2D eigenvalue weighted by Gasteiger charge is -2.07. The third kappa shape index (κ3) is 3.73. The molecule has 0 unspecified atom stereocenters. The minimum Gasteiger partial charge on any atom is -0.392 e. The van der Waals surface area contributed by atoms with Gasteiger partial charge in [0, 0.05) is 54.6 Å². The zero-order valence-corrected chi connectivity index (χ0v) is 12.4. The second-order valence-corrected chi connectivity index (χ2v) is 5.06. The van der Waals surface area contributed by atoms with Crippen LogP contribution in [0.4, 0.5) is 0 Å². The molecule has 0 saturated carbocycles. The Balaban J connectivity index is 2.00. The molecule has 1 N–H and O–H groups in total. The van der Waals surface area contributed by atoms with E-state index < -0.39 is 0 Å². The second-order valence-electron chi connectivity index (χ2n) is 4.63. The molecule has 0 aliphatic rings. The molecule has 1 heterocycles. The first-order valence-electron chi connectivity index (χ1n) is 6.71. The lowest BCUT2D eigenvalue weighted by atomic mass is 10.2. The first-order chi connectivity index (χ1) is 9.76. The molecule has 0 bridgehead atoms. The second kappa shape index (κ2) is 7.64. The Hall–Kier alpha value is -1.07. The molecule has 0 fully saturated rings. The van der Waals surface area contributed by atoms with Gasteiger partial charge in [0.2, 0.25) is 0 Å². The van der Waals surface area contributed by atoms with Crippen LogP contribution in [0.1, 0.15) is 12.0 Å². The Morgan fingerprint density at radius 1 is 1.25 bits per heavy atom. The van der Waals surface area contributed by atoms with Crippen molar-refractivity contribution in [2.45, 2.75) is 19.6 Å². The first kappa shape index (κ1) is 15.3. The number of aromatic nitrogens is 1. The predicted molar refractivity (Wildman–Crippen MR) is 80.2 cm³/mol. The summed E-state index contributed by atoms with van der Waals surface area (Å²) in [6.07, 6.45) is 2.86. The maximum atomic E-state index is 9.40. The first-order valence-corrected chi connectivity index (χ1v) is 7.09. The lowest BCUT2D eigenvalue weighted by Crippen LogP contribution is -2.07. The summed E-state index contributed by atoms with van der Waals surface area (Å²) < 4.78 is 12.6. The SMILES string of the molecule is COCCCOCCn1cc(CO)c2ccc(Cl)cc21. The number of hydrogen-bond acceptors (Lipinski definition) is 3. The highest BCUT2D eigenvalue weighted by molar-refractivity contribution is 6.31. The van der Waals surface area contributed by atoms with Gasteiger partial charge in [0.25, 0.3) is 0 Å². The molecule has 0 amide bonds. The molecule has 20 heavy (non-hydrogen) atoms. The summed E-state index contributed by atoms with van der Waals surface area (Å²) in [6, 6.07) is 5.70. The van der Waals surface area contributed by atoms with Crippen LogP contribution in [-0.2, 0) is 22.6 Å². The van der Waals surface area contributed by atoms with Gasteiger partial charge in [0.1, 0.15) is 0 Å². The zero-order chi connectivity index (χ0) is 14.4. The van der Waals surface area contributed by atoms with Crippen LogP contribution in [0.3, 0.4) is 0 Å². The van der Waals surface area contributed by atoms with Gasteiger partial charge in [-0.05, 0) is 18.6 Å². The number of halogens is 1. The summed E-state index contributed by atoms with van der Waals surface area (Å²) in [6.45, 7) is 2.81. The standard InChI is InChI=1S/C15H20ClNO3/c1-19-6-2-7-20-8-5-17-10-12(11-18)14-4-3-13(16)9-15(14)17/h3-4,9-10,18H,2,5-8,11H2,1H3. The Bertz CT molecular complexity index is 553. The van der Waals surface area contributed by atoms with E-state index in [2.05, 4.69) is 4.57 Å². The topological polar surface area (TPSA) is 43.6 Å². The Morgan fingerprint density at radius 2 is 2.10 bits per heavy atom. The van der Waals surface area contributed by atoms with Crippen LogP contribution in [0.15, 0.2) is 24.4 Å². The molecule has 1 aromatic carbocycles. The van der Waals surface area contributed by atoms with E-state index >= 15 is 0 Å². The van der Waals surface area contributed by atoms with E-state index in [1.807, 2.05) is 24.4 Å². The van der Waals surface area contributed by atoms with Crippen LogP contribution in [0.5, 0.6) is 0 Å². The maximum absolute atomic E-state index is 9.40. The van der Waals surface area contributed by atoms with E-state index in [-0.39, 0.29) is 6.61 Å². The molecule has 0 spiro atoms. The summed E-state index contributed by atoms with van der Waals surface area (Å²) in [7, 11) is 1.69. The Kier molecular flexibility index (Phi) is 5.86. The van der Waals surface area contributed by atoms with Gasteiger partial charge >= 0.3 is 0 Å². The van der Waals surface area contributed by atoms with Crippen molar-refractivity contribution in [2.75, 3.05) is 26.9 Å². The van der Waals surface area contributed by atoms with Crippen molar-refractivity contribution in [1.29, 1.82) is 0 Å². The van der Waals surface area contributed by atoms with Crippen LogP contribution in [-0.4, -0.2) is 36.6 Å². The maximum Gasteiger partial charge on any atom is 0.0702 e. The molecule has 0 aliphatic carbocycles. The van der Waals surface area contributed by atoms with Gasteiger partial charge in [-0.2, -0.15) is 0 Å². The normalized spacial score (nSPS) is 11.3. The number of methoxy groups -OCH3 is 1. The molecule has 0 atom stereocenters. The fourth-order valence-electron chi connectivity index (χ4n) is 2.22. The molecule has 1 aromatic heterocycles. The largest absolute Gasteiger partial charge is 0.392 e. The quantitative estimate of drug-likeness (QED) is 0.762. The number of aliphatic hydroxyl groups excluding tert-OH is 1. The molecule has 110 valence electrons. The average molecular weight is 298 g/mol. The van der Waals surface area contributed by atoms with Crippen molar-refractivity contribution in [3.63, 3.8) is 0 Å². The number of hydrogen-bond donors (Lipinski definition) is 1. The third-order valence-electron chi connectivity index (χ3n) is 3.21. The highest BCUT2D eigenvalue weighted by Crippen LogP contribution is 2.24. The zero-order valence-electron chi connectivity index (χ0n) is 11.6. The highest BCUT2D eigenvalue weighted by atomic mass is 35.5. The van der Waals surface area contributed by atoms with Gasteiger partial charge < -0.3 is 19.1 Å². The number of rotatable bonds is 8. The van der Waals surface area contributed by atoms with Crippen LogP contribution < -0.4 is 0 Å². The summed E-state index contributed by atoms with van der Waals surface area (Å²) in [5.74, 6) is 0. The molecule has 4 nitrogen and oxygen atoms in total. The van der Waals surface area contributed by atoms with E-state index in [1.165, 1.54) is 0 Å². The van der Waals surface area contributed by atoms with Crippen LogP contribution in [0.25, 0.3) is 10.9 Å². The third-order valence-corrected chi connectivity index (χ3v) is 3.45. The molecule has 2 aromatic rings. The van der Waals surface area contributed by atoms with Crippen molar-refractivity contribution in [3.05, 3.63) is 35.0 Å². The van der Waals surface area contributed by atoms with E-state index in [0.717, 1.165) is 36.0 Å². The Morgan fingerprint density at radius 3 is 2.85 bits per heavy atom. The summed E-state index contributed by atoms with van der Waals surface area (Å²) in [5.41, 5.74) is 1.94. The summed E-state index contributed by atoms with van der Waals surface area (Å²) in [5, 5.41) is 11.1. The number of nitrogens with zero attached hydrogens (tertiary/aromatic N) is 1. The smallest absolute Gasteiger partial charge is 0.0702 e. The van der Waals surface area contributed by atoms with E-state index in [4.69, 9.17) is 21.1 Å². The van der Waals surface area contributed by atoms with Gasteiger partial charge in [-0.3, -0.25) is 0 Å². The van der Waals surface area contributed by atoms with Gasteiger partial charge in [0.05, 0.1) is 13.2 Å². The van der Waals surface area contributed by atoms with Crippen molar-refractivity contribution in [2.24, 2.45) is 0 Å². The minimum atomic E-state index is 0.0276. The monoisotopic (exact) mass is 297 g/mol. The van der Waals surface area contributed by atoms with Crippen LogP contribution >= 0.6 is 11.6 Å². The number of benzene rings is 1. The van der Waals surface area contributed by atoms with E-state index in [1.54, 1.807) is 7.11 Å². The molecule has 0 saturated heterocycles. The number of ether oxygens (including phenoxy) is 2. The molecular formula is C15H20ClNO3. The lowest BCUT2D eigenvalue weighted by molar-refractivity contribution is 0.0982. The van der Waals surface area contributed by atoms with Crippen molar-refractivity contribution in [1.82, 2.24) is 4.57 Å². The number of fused-ring (bicyclic) bond motifs is 1. The molecular weight excluding hydrogens is 278 g/mol. The van der Waals surface area contributed by atoms with Gasteiger partial charge in [-0.1, -0.05) is 17.7 Å². The van der Waals surface area contributed by atoms with E-state index in [9.17, 15) is 5.11 Å². The fourth-order valence-corrected chi connectivity index (χ4v) is 2.39. The predicted octanol–water partition coefficient (Wildman–Crippen LogP) is 2.84. The summed E-state index contributed by atoms with van der Waals surface area (Å²) in [4.78, 5) is 0. The summed E-state index contributed by atoms with van der Waals surface area (Å²) >= 11 is 6.04. The van der Waals surface area contributed by atoms with Gasteiger partial charge in [0.15, 0.2) is 0 Å². The van der Waals surface area contributed by atoms with Crippen LogP contribution in [0, 0.1) is 0 Å². The van der Waals surface area contributed by atoms with Crippen molar-refractivity contribution >= 4 is 22.5 Å². The Labute approximate surface area is 123 Å². The van der Waals surface area contributed by atoms with Crippen LogP contribution in [0.2, 0.25) is 5.02 Å². The minimum absolute atomic E-state index is 0.0276.